The molecule has 7 heteroatoms. The Morgan fingerprint density at radius 1 is 1.30 bits per heavy atom. The van der Waals surface area contributed by atoms with Crippen LogP contribution in [0.5, 0.6) is 0 Å². The lowest BCUT2D eigenvalue weighted by molar-refractivity contribution is -0.121. The van der Waals surface area contributed by atoms with Gasteiger partial charge in [-0.3, -0.25) is 4.79 Å². The lowest BCUT2D eigenvalue weighted by Crippen LogP contribution is -2.31. The van der Waals surface area contributed by atoms with Crippen LogP contribution in [-0.2, 0) is 4.79 Å². The van der Waals surface area contributed by atoms with E-state index in [1.165, 1.54) is 6.07 Å². The van der Waals surface area contributed by atoms with E-state index in [0.717, 1.165) is 44.5 Å². The summed E-state index contributed by atoms with van der Waals surface area (Å²) in [6.07, 6.45) is 1.92. The molecule has 130 valence electrons. The normalized spacial score (nSPS) is 16.5. The quantitative estimate of drug-likeness (QED) is 0.739. The van der Waals surface area contributed by atoms with E-state index in [1.54, 1.807) is 0 Å². The van der Waals surface area contributed by atoms with Crippen LogP contribution < -0.4 is 10.6 Å². The second-order valence-corrected chi connectivity index (χ2v) is 5.69. The maximum absolute atomic E-state index is 13.5. The van der Waals surface area contributed by atoms with Crippen LogP contribution in [0.15, 0.2) is 18.2 Å². The second kappa shape index (κ2) is 9.80. The molecule has 1 aliphatic rings. The molecular formula is C16H23ClF2N2O2. The minimum atomic E-state index is -1.39. The van der Waals surface area contributed by atoms with Crippen LogP contribution in [0.2, 0.25) is 0 Å². The summed E-state index contributed by atoms with van der Waals surface area (Å²) in [7, 11) is 0. The molecule has 1 aromatic carbocycles. The Morgan fingerprint density at radius 3 is 2.52 bits per heavy atom. The van der Waals surface area contributed by atoms with Crippen molar-refractivity contribution in [2.45, 2.75) is 31.8 Å². The van der Waals surface area contributed by atoms with Crippen molar-refractivity contribution in [1.82, 2.24) is 10.6 Å². The van der Waals surface area contributed by atoms with Crippen molar-refractivity contribution in [3.8, 4) is 0 Å². The summed E-state index contributed by atoms with van der Waals surface area (Å²) in [6.45, 7) is 1.78. The number of benzene rings is 1. The van der Waals surface area contributed by atoms with Gasteiger partial charge in [-0.2, -0.15) is 0 Å². The molecule has 0 bridgehead atoms. The molecule has 0 radical (unpaired) electrons. The Balaban J connectivity index is 0.00000264. The molecule has 2 rings (SSSR count). The molecule has 1 amide bonds. The Bertz CT molecular complexity index is 491. The lowest BCUT2D eigenvalue weighted by Gasteiger charge is -2.22. The van der Waals surface area contributed by atoms with Crippen molar-refractivity contribution in [2.24, 2.45) is 5.92 Å². The maximum Gasteiger partial charge on any atom is 0.220 e. The van der Waals surface area contributed by atoms with Crippen molar-refractivity contribution < 1.29 is 18.7 Å². The monoisotopic (exact) mass is 348 g/mol. The van der Waals surface area contributed by atoms with E-state index in [4.69, 9.17) is 0 Å². The van der Waals surface area contributed by atoms with E-state index in [9.17, 15) is 18.7 Å². The van der Waals surface area contributed by atoms with Gasteiger partial charge in [-0.25, -0.2) is 8.78 Å². The highest BCUT2D eigenvalue weighted by Gasteiger charge is 2.19. The summed E-state index contributed by atoms with van der Waals surface area (Å²) in [4.78, 5) is 11.8. The molecule has 1 heterocycles. The standard InChI is InChI=1S/C16H22F2N2O2.ClH/c17-12-2-1-3-13(18)16(12)14(21)10-20-15(22)5-4-11-6-8-19-9-7-11;/h1-3,11,14,19,21H,4-10H2,(H,20,22);1H. The van der Waals surface area contributed by atoms with Gasteiger partial charge in [0.25, 0.3) is 0 Å². The fourth-order valence-electron chi connectivity index (χ4n) is 2.74. The molecule has 1 aliphatic heterocycles. The number of rotatable bonds is 6. The first-order chi connectivity index (χ1) is 10.6. The van der Waals surface area contributed by atoms with Crippen LogP contribution in [0.3, 0.4) is 0 Å². The number of nitrogens with one attached hydrogen (secondary N) is 2. The Kier molecular flexibility index (Phi) is 8.44. The van der Waals surface area contributed by atoms with Gasteiger partial charge in [-0.05, 0) is 50.4 Å². The first-order valence-electron chi connectivity index (χ1n) is 7.67. The largest absolute Gasteiger partial charge is 0.386 e. The third-order valence-corrected chi connectivity index (χ3v) is 4.06. The SMILES string of the molecule is Cl.O=C(CCC1CCNCC1)NCC(O)c1c(F)cccc1F. The third-order valence-electron chi connectivity index (χ3n) is 4.06. The van der Waals surface area contributed by atoms with Crippen LogP contribution in [0.1, 0.15) is 37.4 Å². The number of aliphatic hydroxyl groups excluding tert-OH is 1. The summed E-state index contributed by atoms with van der Waals surface area (Å²) >= 11 is 0. The fraction of sp³-hybridized carbons (Fsp3) is 0.562. The van der Waals surface area contributed by atoms with Crippen LogP contribution in [0.25, 0.3) is 0 Å². The molecule has 23 heavy (non-hydrogen) atoms. The number of hydrogen-bond donors (Lipinski definition) is 3. The van der Waals surface area contributed by atoms with E-state index in [-0.39, 0.29) is 24.9 Å². The fourth-order valence-corrected chi connectivity index (χ4v) is 2.74. The number of halogens is 3. The molecule has 0 saturated carbocycles. The molecule has 3 N–H and O–H groups in total. The van der Waals surface area contributed by atoms with Gasteiger partial charge in [-0.15, -0.1) is 12.4 Å². The molecule has 1 atom stereocenters. The van der Waals surface area contributed by atoms with E-state index in [1.807, 2.05) is 0 Å². The van der Waals surface area contributed by atoms with Gasteiger partial charge < -0.3 is 15.7 Å². The van der Waals surface area contributed by atoms with E-state index < -0.39 is 23.3 Å². The highest BCUT2D eigenvalue weighted by atomic mass is 35.5. The molecule has 0 aliphatic carbocycles. The first kappa shape index (κ1) is 19.8. The molecule has 1 aromatic rings. The highest BCUT2D eigenvalue weighted by Crippen LogP contribution is 2.20. The lowest BCUT2D eigenvalue weighted by atomic mass is 9.93. The van der Waals surface area contributed by atoms with Crippen molar-refractivity contribution in [3.63, 3.8) is 0 Å². The first-order valence-corrected chi connectivity index (χ1v) is 7.67. The zero-order valence-corrected chi connectivity index (χ0v) is 13.7. The van der Waals surface area contributed by atoms with E-state index in [2.05, 4.69) is 10.6 Å². The van der Waals surface area contributed by atoms with Crippen LogP contribution >= 0.6 is 12.4 Å². The molecule has 1 saturated heterocycles. The number of piperidine rings is 1. The van der Waals surface area contributed by atoms with Gasteiger partial charge in [0, 0.05) is 13.0 Å². The molecule has 1 fully saturated rings. The molecule has 1 unspecified atom stereocenters. The minimum Gasteiger partial charge on any atom is -0.386 e. The van der Waals surface area contributed by atoms with Crippen LogP contribution in [0.4, 0.5) is 8.78 Å². The topological polar surface area (TPSA) is 61.4 Å². The summed E-state index contributed by atoms with van der Waals surface area (Å²) < 4.78 is 27.0. The Labute approximate surface area is 141 Å². The smallest absolute Gasteiger partial charge is 0.220 e. The highest BCUT2D eigenvalue weighted by molar-refractivity contribution is 5.85. The summed E-state index contributed by atoms with van der Waals surface area (Å²) in [5, 5.41) is 15.6. The molecule has 0 aromatic heterocycles. The number of hydrogen-bond acceptors (Lipinski definition) is 3. The average Bonchev–Trinajstić information content (AvgIpc) is 2.52. The van der Waals surface area contributed by atoms with E-state index >= 15 is 0 Å². The number of aliphatic hydroxyl groups is 1. The van der Waals surface area contributed by atoms with Crippen molar-refractivity contribution in [3.05, 3.63) is 35.4 Å². The summed E-state index contributed by atoms with van der Waals surface area (Å²) in [6, 6.07) is 3.40. The number of carbonyl (C=O) groups is 1. The Morgan fingerprint density at radius 2 is 1.91 bits per heavy atom. The van der Waals surface area contributed by atoms with Crippen LogP contribution in [-0.4, -0.2) is 30.6 Å². The second-order valence-electron chi connectivity index (χ2n) is 5.69. The number of carbonyl (C=O) groups excluding carboxylic acids is 1. The van der Waals surface area contributed by atoms with Gasteiger partial charge in [0.1, 0.15) is 17.7 Å². The summed E-state index contributed by atoms with van der Waals surface area (Å²) in [5.74, 6) is -1.27. The summed E-state index contributed by atoms with van der Waals surface area (Å²) in [5.41, 5.74) is -0.402. The van der Waals surface area contributed by atoms with Gasteiger partial charge >= 0.3 is 0 Å². The van der Waals surface area contributed by atoms with Gasteiger partial charge in [0.15, 0.2) is 0 Å². The van der Waals surface area contributed by atoms with E-state index in [0.29, 0.717) is 12.3 Å². The van der Waals surface area contributed by atoms with Gasteiger partial charge in [0.05, 0.1) is 5.56 Å². The van der Waals surface area contributed by atoms with Crippen molar-refractivity contribution in [1.29, 1.82) is 0 Å². The zero-order valence-electron chi connectivity index (χ0n) is 12.9. The predicted molar refractivity (Wildman–Crippen MR) is 86.4 cm³/mol. The zero-order chi connectivity index (χ0) is 15.9. The molecular weight excluding hydrogens is 326 g/mol. The molecule has 4 nitrogen and oxygen atoms in total. The minimum absolute atomic E-state index is 0. The third kappa shape index (κ3) is 6.05. The van der Waals surface area contributed by atoms with Gasteiger partial charge in [-0.1, -0.05) is 6.07 Å². The van der Waals surface area contributed by atoms with Crippen LogP contribution in [0, 0.1) is 17.6 Å². The average molecular weight is 349 g/mol. The number of amides is 1. The maximum atomic E-state index is 13.5. The predicted octanol–water partition coefficient (Wildman–Crippen LogP) is 2.32. The Hall–Kier alpha value is -1.24. The molecule has 0 spiro atoms. The van der Waals surface area contributed by atoms with Crippen molar-refractivity contribution in [2.75, 3.05) is 19.6 Å². The van der Waals surface area contributed by atoms with Gasteiger partial charge in [0.2, 0.25) is 5.91 Å². The van der Waals surface area contributed by atoms with Crippen molar-refractivity contribution >= 4 is 18.3 Å².